The van der Waals surface area contributed by atoms with Crippen LogP contribution < -0.4 is 0 Å². The topological polar surface area (TPSA) is 149 Å². The largest absolute Gasteiger partial charge is 0.490 e. The molecule has 0 rings (SSSR count). The normalized spacial score (nSPS) is 16.8. The van der Waals surface area contributed by atoms with Crippen LogP contribution in [0.3, 0.4) is 0 Å². The van der Waals surface area contributed by atoms with Crippen LogP contribution in [-0.4, -0.2) is 25.9 Å². The van der Waals surface area contributed by atoms with Gasteiger partial charge in [-0.15, -0.1) is 0 Å². The van der Waals surface area contributed by atoms with E-state index in [1.54, 1.807) is 0 Å². The van der Waals surface area contributed by atoms with Gasteiger partial charge in [0.15, 0.2) is 0 Å². The van der Waals surface area contributed by atoms with Crippen LogP contribution in [0.15, 0.2) is 0 Å². The molecule has 0 aromatic carbocycles. The maximum atomic E-state index is 12.4. The van der Waals surface area contributed by atoms with Gasteiger partial charge in [-0.05, 0) is 41.5 Å². The van der Waals surface area contributed by atoms with Gasteiger partial charge in [-0.2, -0.15) is 8.62 Å². The summed E-state index contributed by atoms with van der Waals surface area (Å²) in [5, 5.41) is 0. The van der Waals surface area contributed by atoms with Crippen molar-refractivity contribution < 1.29 is 86.9 Å². The molecule has 0 spiro atoms. The van der Waals surface area contributed by atoms with Gasteiger partial charge in [-0.25, -0.2) is 13.7 Å². The van der Waals surface area contributed by atoms with E-state index in [1.165, 1.54) is 41.5 Å². The predicted molar refractivity (Wildman–Crippen MR) is 73.3 cm³/mol. The van der Waals surface area contributed by atoms with Crippen LogP contribution in [0.2, 0.25) is 0 Å². The molecule has 0 saturated heterocycles. The van der Waals surface area contributed by atoms with Gasteiger partial charge in [0.05, 0.1) is 11.2 Å². The van der Waals surface area contributed by atoms with Crippen molar-refractivity contribution in [3.63, 3.8) is 0 Å². The third kappa shape index (κ3) is 14.1. The van der Waals surface area contributed by atoms with E-state index >= 15 is 0 Å². The molecule has 0 amide bonds. The van der Waals surface area contributed by atoms with Crippen molar-refractivity contribution in [3.05, 3.63) is 0 Å². The first-order valence-corrected chi connectivity index (χ1v) is 10.1. The average Bonchev–Trinajstić information content (AvgIpc) is 1.83. The minimum Gasteiger partial charge on any atom is -0.302 e. The van der Waals surface area contributed by atoms with Gasteiger partial charge in [0.25, 0.3) is 0 Å². The fraction of sp³-hybridized carbons (Fsp3) is 1.00. The Hall–Kier alpha value is 1.76. The third-order valence-electron chi connectivity index (χ3n) is 1.18. The van der Waals surface area contributed by atoms with Crippen molar-refractivity contribution in [1.29, 1.82) is 0 Å². The molecule has 0 bridgehead atoms. The molecule has 132 valence electrons. The van der Waals surface area contributed by atoms with Gasteiger partial charge in [0, 0.05) is 40.8 Å². The zero-order chi connectivity index (χ0) is 17.3. The summed E-state index contributed by atoms with van der Waals surface area (Å²) in [4.78, 5) is 26.3. The summed E-state index contributed by atoms with van der Waals surface area (Å²) in [5.41, 5.74) is -2.19. The van der Waals surface area contributed by atoms with Gasteiger partial charge in [0.2, 0.25) is 0 Å². The third-order valence-corrected chi connectivity index (χ3v) is 6.03. The van der Waals surface area contributed by atoms with Crippen LogP contribution in [-0.2, 0) is 31.4 Å². The molecule has 0 aliphatic heterocycles. The summed E-state index contributed by atoms with van der Waals surface area (Å²) in [5.74, 6) is 0. The zero-order valence-electron chi connectivity index (χ0n) is 13.0. The Morgan fingerprint density at radius 3 is 1.27 bits per heavy atom. The van der Waals surface area contributed by atoms with Crippen LogP contribution in [0, 0.1) is 40.8 Å². The quantitative estimate of drug-likeness (QED) is 0.452. The minimum absolute atomic E-state index is 0. The second-order valence-electron chi connectivity index (χ2n) is 5.98. The predicted octanol–water partition coefficient (Wildman–Crippen LogP) is 2.95. The monoisotopic (exact) mass is 512 g/mol. The summed E-state index contributed by atoms with van der Waals surface area (Å²) < 4.78 is 52.3. The summed E-state index contributed by atoms with van der Waals surface area (Å²) >= 11 is 0. The number of phosphoric ester groups is 1. The van der Waals surface area contributed by atoms with Gasteiger partial charge in [-0.1, -0.05) is 0 Å². The molecule has 10 nitrogen and oxygen atoms in total. The molecule has 0 fully saturated rings. The molecule has 0 heterocycles. The Morgan fingerprint density at radius 1 is 0.727 bits per heavy atom. The van der Waals surface area contributed by atoms with Crippen LogP contribution in [0.5, 0.6) is 0 Å². The standard InChI is InChI=1S/C8H21O10P3.Nd/c1-7(2,3)15-21(14,16-8(4,5)6)18-20(12,13)17-19(9,10)11;/h1-6H3,(H,12,13)(H2,9,10,11);. The maximum Gasteiger partial charge on any atom is 0.490 e. The van der Waals surface area contributed by atoms with Crippen LogP contribution >= 0.6 is 23.5 Å². The van der Waals surface area contributed by atoms with Crippen molar-refractivity contribution in [1.82, 2.24) is 0 Å². The molecule has 3 N–H and O–H groups in total. The Kier molecular flexibility index (Phi) is 9.96. The average molecular weight is 514 g/mol. The first-order chi connectivity index (χ1) is 8.83. The summed E-state index contributed by atoms with van der Waals surface area (Å²) in [6.45, 7) is 8.84. The van der Waals surface area contributed by atoms with E-state index in [9.17, 15) is 18.6 Å². The molecule has 0 aliphatic carbocycles. The summed E-state index contributed by atoms with van der Waals surface area (Å²) in [6, 6.07) is 0. The molecular weight excluding hydrogens is 493 g/mol. The number of rotatable bonds is 6. The second kappa shape index (κ2) is 8.43. The number of hydrogen-bond donors (Lipinski definition) is 3. The molecular formula is C8H21NdO10P3. The van der Waals surface area contributed by atoms with E-state index < -0.39 is 34.7 Å². The summed E-state index contributed by atoms with van der Waals surface area (Å²) in [6.07, 6.45) is 0. The van der Waals surface area contributed by atoms with E-state index in [4.69, 9.17) is 18.8 Å². The van der Waals surface area contributed by atoms with E-state index in [0.717, 1.165) is 0 Å². The molecule has 0 aliphatic rings. The number of hydrogen-bond acceptors (Lipinski definition) is 7. The Balaban J connectivity index is 0. The first-order valence-electron chi connectivity index (χ1n) is 5.65. The smallest absolute Gasteiger partial charge is 0.302 e. The van der Waals surface area contributed by atoms with E-state index in [-0.39, 0.29) is 40.8 Å². The maximum absolute atomic E-state index is 12.4. The van der Waals surface area contributed by atoms with Crippen molar-refractivity contribution in [3.8, 4) is 0 Å². The molecule has 1 atom stereocenters. The van der Waals surface area contributed by atoms with E-state index in [0.29, 0.717) is 0 Å². The van der Waals surface area contributed by atoms with E-state index in [1.807, 2.05) is 0 Å². The molecule has 14 heteroatoms. The second-order valence-corrected chi connectivity index (χ2v) is 10.5. The van der Waals surface area contributed by atoms with E-state index in [2.05, 4.69) is 8.62 Å². The molecule has 0 saturated carbocycles. The molecule has 22 heavy (non-hydrogen) atoms. The van der Waals surface area contributed by atoms with Crippen molar-refractivity contribution in [2.75, 3.05) is 0 Å². The Labute approximate surface area is 162 Å². The number of phosphoric acid groups is 3. The Morgan fingerprint density at radius 2 is 1.05 bits per heavy atom. The fourth-order valence-corrected chi connectivity index (χ4v) is 5.12. The van der Waals surface area contributed by atoms with Crippen molar-refractivity contribution in [2.45, 2.75) is 52.7 Å². The van der Waals surface area contributed by atoms with Gasteiger partial charge < -0.3 is 14.7 Å². The summed E-state index contributed by atoms with van der Waals surface area (Å²) in [7, 11) is -15.4. The van der Waals surface area contributed by atoms with Crippen LogP contribution in [0.1, 0.15) is 41.5 Å². The van der Waals surface area contributed by atoms with Gasteiger partial charge >= 0.3 is 23.5 Å². The molecule has 0 aromatic rings. The van der Waals surface area contributed by atoms with Crippen molar-refractivity contribution in [2.24, 2.45) is 0 Å². The van der Waals surface area contributed by atoms with Crippen LogP contribution in [0.25, 0.3) is 0 Å². The SMILES string of the molecule is CC(C)(C)OP(=O)(OC(C)(C)C)OP(=O)(O)OP(=O)(O)O.[Nd]. The first kappa shape index (κ1) is 26.0. The molecule has 0 aromatic heterocycles. The van der Waals surface area contributed by atoms with Crippen molar-refractivity contribution >= 4 is 23.5 Å². The van der Waals surface area contributed by atoms with Gasteiger partial charge in [0.1, 0.15) is 0 Å². The Bertz CT molecular complexity index is 481. The zero-order valence-corrected chi connectivity index (χ0v) is 18.9. The molecule has 1 unspecified atom stereocenters. The molecule has 0 radical (unpaired) electrons. The van der Waals surface area contributed by atoms with Crippen LogP contribution in [0.4, 0.5) is 0 Å². The van der Waals surface area contributed by atoms with Gasteiger partial charge in [-0.3, -0.25) is 9.05 Å². The minimum atomic E-state index is -5.38. The fourth-order valence-electron chi connectivity index (χ4n) is 0.998.